The molecule has 1 N–H and O–H groups in total. The quantitative estimate of drug-likeness (QED) is 0.853. The van der Waals surface area contributed by atoms with Crippen molar-refractivity contribution in [3.8, 4) is 5.75 Å². The molecule has 0 saturated heterocycles. The van der Waals surface area contributed by atoms with Crippen molar-refractivity contribution in [2.45, 2.75) is 32.7 Å². The Balaban J connectivity index is 2.24. The Morgan fingerprint density at radius 1 is 1.16 bits per heavy atom. The van der Waals surface area contributed by atoms with Gasteiger partial charge in [-0.25, -0.2) is 0 Å². The summed E-state index contributed by atoms with van der Waals surface area (Å²) in [6, 6.07) is 10.2. The van der Waals surface area contributed by atoms with E-state index in [1.54, 1.807) is 13.4 Å². The molecule has 0 amide bonds. The zero-order chi connectivity index (χ0) is 13.8. The number of hydrogen-bond acceptors (Lipinski definition) is 3. The number of rotatable bonds is 5. The van der Waals surface area contributed by atoms with Gasteiger partial charge in [0.2, 0.25) is 0 Å². The van der Waals surface area contributed by atoms with Crippen LogP contribution in [0.3, 0.4) is 0 Å². The van der Waals surface area contributed by atoms with Crippen molar-refractivity contribution in [1.29, 1.82) is 0 Å². The van der Waals surface area contributed by atoms with Gasteiger partial charge in [0.1, 0.15) is 11.5 Å². The minimum absolute atomic E-state index is 0.140. The zero-order valence-corrected chi connectivity index (χ0v) is 11.9. The molecule has 3 heteroatoms. The molecule has 0 unspecified atom stereocenters. The summed E-state index contributed by atoms with van der Waals surface area (Å²) in [6.07, 6.45) is 1.70. The number of benzene rings is 1. The summed E-state index contributed by atoms with van der Waals surface area (Å²) in [7, 11) is 1.69. The molecule has 2 rings (SSSR count). The maximum atomic E-state index is 5.43. The van der Waals surface area contributed by atoms with Crippen molar-refractivity contribution in [3.05, 3.63) is 47.9 Å². The highest BCUT2D eigenvalue weighted by molar-refractivity contribution is 5.56. The van der Waals surface area contributed by atoms with Crippen LogP contribution >= 0.6 is 0 Å². The number of ether oxygens (including phenoxy) is 1. The van der Waals surface area contributed by atoms with Gasteiger partial charge in [-0.05, 0) is 48.7 Å². The summed E-state index contributed by atoms with van der Waals surface area (Å²) in [4.78, 5) is 0. The number of methoxy groups -OCH3 is 1. The van der Waals surface area contributed by atoms with Crippen molar-refractivity contribution in [1.82, 2.24) is 0 Å². The summed E-state index contributed by atoms with van der Waals surface area (Å²) in [5, 5.41) is 3.50. The third-order valence-electron chi connectivity index (χ3n) is 3.22. The van der Waals surface area contributed by atoms with E-state index < -0.39 is 0 Å². The van der Waals surface area contributed by atoms with Gasteiger partial charge in [-0.15, -0.1) is 0 Å². The van der Waals surface area contributed by atoms with Gasteiger partial charge in [-0.2, -0.15) is 0 Å². The minimum Gasteiger partial charge on any atom is -0.497 e. The number of nitrogens with one attached hydrogen (secondary N) is 1. The highest BCUT2D eigenvalue weighted by Gasteiger charge is 2.13. The van der Waals surface area contributed by atoms with Crippen molar-refractivity contribution >= 4 is 5.69 Å². The van der Waals surface area contributed by atoms with E-state index in [1.165, 1.54) is 5.56 Å². The van der Waals surface area contributed by atoms with Crippen LogP contribution in [0.2, 0.25) is 0 Å². The SMILES string of the molecule is COc1ccc(N[C@H](C)c2ccco2)c(C(C)C)c1. The topological polar surface area (TPSA) is 34.4 Å². The molecule has 1 atom stereocenters. The predicted octanol–water partition coefficient (Wildman–Crippen LogP) is 4.58. The highest BCUT2D eigenvalue weighted by Crippen LogP contribution is 2.31. The first kappa shape index (κ1) is 13.5. The Bertz CT molecular complexity index is 518. The van der Waals surface area contributed by atoms with Crippen LogP contribution in [0, 0.1) is 0 Å². The van der Waals surface area contributed by atoms with Crippen LogP contribution in [0.25, 0.3) is 0 Å². The monoisotopic (exact) mass is 259 g/mol. The lowest BCUT2D eigenvalue weighted by Crippen LogP contribution is -2.08. The minimum atomic E-state index is 0.140. The lowest BCUT2D eigenvalue weighted by molar-refractivity contribution is 0.414. The molecule has 0 aliphatic carbocycles. The van der Waals surface area contributed by atoms with E-state index in [9.17, 15) is 0 Å². The lowest BCUT2D eigenvalue weighted by Gasteiger charge is -2.19. The number of anilines is 1. The van der Waals surface area contributed by atoms with E-state index in [2.05, 4.69) is 38.2 Å². The summed E-state index contributed by atoms with van der Waals surface area (Å²) < 4.78 is 10.7. The molecule has 1 aromatic heterocycles. The van der Waals surface area contributed by atoms with Gasteiger partial charge in [-0.1, -0.05) is 13.8 Å². The van der Waals surface area contributed by atoms with Crippen LogP contribution in [-0.2, 0) is 0 Å². The first-order chi connectivity index (χ1) is 9.11. The molecule has 3 nitrogen and oxygen atoms in total. The fraction of sp³-hybridized carbons (Fsp3) is 0.375. The van der Waals surface area contributed by atoms with E-state index in [0.29, 0.717) is 5.92 Å². The Morgan fingerprint density at radius 3 is 2.53 bits per heavy atom. The molecule has 1 aromatic carbocycles. The van der Waals surface area contributed by atoms with Crippen LogP contribution < -0.4 is 10.1 Å². The summed E-state index contributed by atoms with van der Waals surface area (Å²) >= 11 is 0. The molecule has 0 spiro atoms. The third kappa shape index (κ3) is 3.11. The zero-order valence-electron chi connectivity index (χ0n) is 11.9. The van der Waals surface area contributed by atoms with Gasteiger partial charge in [0.25, 0.3) is 0 Å². The molecule has 1 heterocycles. The van der Waals surface area contributed by atoms with Crippen LogP contribution in [0.15, 0.2) is 41.0 Å². The molecule has 0 fully saturated rings. The number of furan rings is 1. The third-order valence-corrected chi connectivity index (χ3v) is 3.22. The van der Waals surface area contributed by atoms with Gasteiger partial charge in [-0.3, -0.25) is 0 Å². The van der Waals surface area contributed by atoms with Gasteiger partial charge in [0.15, 0.2) is 0 Å². The van der Waals surface area contributed by atoms with Gasteiger partial charge < -0.3 is 14.5 Å². The fourth-order valence-electron chi connectivity index (χ4n) is 2.12. The molecule has 0 bridgehead atoms. The standard InChI is InChI=1S/C16H21NO2/c1-11(2)14-10-13(18-4)7-8-15(14)17-12(3)16-6-5-9-19-16/h5-12,17H,1-4H3/t12-/m1/s1. The predicted molar refractivity (Wildman–Crippen MR) is 77.8 cm³/mol. The maximum Gasteiger partial charge on any atom is 0.125 e. The van der Waals surface area contributed by atoms with Crippen LogP contribution in [0.4, 0.5) is 5.69 Å². The number of hydrogen-bond donors (Lipinski definition) is 1. The summed E-state index contributed by atoms with van der Waals surface area (Å²) in [5.41, 5.74) is 2.37. The first-order valence-electron chi connectivity index (χ1n) is 6.59. The smallest absolute Gasteiger partial charge is 0.125 e. The van der Waals surface area contributed by atoms with E-state index in [0.717, 1.165) is 17.2 Å². The Hall–Kier alpha value is -1.90. The fourth-order valence-corrected chi connectivity index (χ4v) is 2.12. The molecule has 19 heavy (non-hydrogen) atoms. The molecular weight excluding hydrogens is 238 g/mol. The van der Waals surface area contributed by atoms with E-state index >= 15 is 0 Å². The summed E-state index contributed by atoms with van der Waals surface area (Å²) in [5.74, 6) is 2.26. The second kappa shape index (κ2) is 5.83. The molecular formula is C16H21NO2. The molecule has 0 aliphatic rings. The average molecular weight is 259 g/mol. The molecule has 0 radical (unpaired) electrons. The second-order valence-electron chi connectivity index (χ2n) is 4.99. The normalized spacial score (nSPS) is 12.5. The van der Waals surface area contributed by atoms with Crippen molar-refractivity contribution in [2.24, 2.45) is 0 Å². The Morgan fingerprint density at radius 2 is 1.95 bits per heavy atom. The van der Waals surface area contributed by atoms with Crippen molar-refractivity contribution in [2.75, 3.05) is 12.4 Å². The van der Waals surface area contributed by atoms with Gasteiger partial charge >= 0.3 is 0 Å². The highest BCUT2D eigenvalue weighted by atomic mass is 16.5. The second-order valence-corrected chi connectivity index (χ2v) is 4.99. The maximum absolute atomic E-state index is 5.43. The van der Waals surface area contributed by atoms with Crippen LogP contribution in [0.5, 0.6) is 5.75 Å². The van der Waals surface area contributed by atoms with E-state index in [1.807, 2.05) is 18.2 Å². The largest absolute Gasteiger partial charge is 0.497 e. The molecule has 0 aliphatic heterocycles. The van der Waals surface area contributed by atoms with Gasteiger partial charge in [0, 0.05) is 5.69 Å². The van der Waals surface area contributed by atoms with E-state index in [4.69, 9.17) is 9.15 Å². The average Bonchev–Trinajstić information content (AvgIpc) is 2.92. The van der Waals surface area contributed by atoms with Gasteiger partial charge in [0.05, 0.1) is 19.4 Å². The van der Waals surface area contributed by atoms with Crippen molar-refractivity contribution in [3.63, 3.8) is 0 Å². The molecule has 2 aromatic rings. The van der Waals surface area contributed by atoms with Crippen LogP contribution in [-0.4, -0.2) is 7.11 Å². The van der Waals surface area contributed by atoms with E-state index in [-0.39, 0.29) is 6.04 Å². The van der Waals surface area contributed by atoms with Crippen LogP contribution in [0.1, 0.15) is 44.1 Å². The lowest BCUT2D eigenvalue weighted by atomic mass is 10.00. The first-order valence-corrected chi connectivity index (χ1v) is 6.59. The Kier molecular flexibility index (Phi) is 4.15. The van der Waals surface area contributed by atoms with Crippen molar-refractivity contribution < 1.29 is 9.15 Å². The molecule has 0 saturated carbocycles. The Labute approximate surface area is 114 Å². The molecule has 102 valence electrons. The summed E-state index contributed by atoms with van der Waals surface area (Å²) in [6.45, 7) is 6.45.